The van der Waals surface area contributed by atoms with Gasteiger partial charge in [-0.1, -0.05) is 12.1 Å². The van der Waals surface area contributed by atoms with Crippen LogP contribution in [0.4, 0.5) is 0 Å². The van der Waals surface area contributed by atoms with Gasteiger partial charge in [0.05, 0.1) is 19.1 Å². The minimum absolute atomic E-state index is 0. The third-order valence-corrected chi connectivity index (χ3v) is 5.19. The molecule has 0 spiro atoms. The number of benzene rings is 1. The van der Waals surface area contributed by atoms with E-state index in [-0.39, 0.29) is 41.8 Å². The molecule has 1 saturated heterocycles. The van der Waals surface area contributed by atoms with Crippen molar-refractivity contribution in [2.75, 3.05) is 53.4 Å². The molecule has 0 aromatic heterocycles. The number of esters is 1. The maximum Gasteiger partial charge on any atom is 0.309 e. The summed E-state index contributed by atoms with van der Waals surface area (Å²) in [7, 11) is 3.96. The Balaban J connectivity index is 0.00000512. The third kappa shape index (κ3) is 9.32. The highest BCUT2D eigenvalue weighted by Gasteiger charge is 2.27. The molecule has 2 N–H and O–H groups in total. The minimum Gasteiger partial charge on any atom is -0.466 e. The highest BCUT2D eigenvalue weighted by atomic mass is 127. The van der Waals surface area contributed by atoms with Crippen LogP contribution in [0.2, 0.25) is 0 Å². The number of likely N-dealkylation sites (N-methyl/N-ethyl adjacent to an activating group) is 1. The van der Waals surface area contributed by atoms with Crippen molar-refractivity contribution >= 4 is 41.8 Å². The lowest BCUT2D eigenvalue weighted by Gasteiger charge is -2.33. The van der Waals surface area contributed by atoms with Gasteiger partial charge in [0.25, 0.3) is 5.91 Å². The largest absolute Gasteiger partial charge is 0.466 e. The number of aliphatic imine (C=N–C) groups is 1. The van der Waals surface area contributed by atoms with Gasteiger partial charge in [0.15, 0.2) is 5.96 Å². The van der Waals surface area contributed by atoms with Crippen LogP contribution < -0.4 is 10.6 Å². The molecule has 0 aliphatic carbocycles. The van der Waals surface area contributed by atoms with Gasteiger partial charge in [-0.25, -0.2) is 4.99 Å². The van der Waals surface area contributed by atoms with E-state index < -0.39 is 0 Å². The van der Waals surface area contributed by atoms with E-state index in [1.165, 1.54) is 0 Å². The number of nitrogens with one attached hydrogen (secondary N) is 2. The first-order valence-corrected chi connectivity index (χ1v) is 11.2. The first-order valence-electron chi connectivity index (χ1n) is 11.2. The number of guanidine groups is 1. The Hall–Kier alpha value is -1.88. The van der Waals surface area contributed by atoms with Gasteiger partial charge in [-0.15, -0.1) is 24.0 Å². The third-order valence-electron chi connectivity index (χ3n) is 5.19. The molecule has 0 atom stereocenters. The molecular formula is C23H38IN5O3. The van der Waals surface area contributed by atoms with Gasteiger partial charge in [0.1, 0.15) is 0 Å². The van der Waals surface area contributed by atoms with Crippen LogP contribution >= 0.6 is 24.0 Å². The molecular weight excluding hydrogens is 521 g/mol. The van der Waals surface area contributed by atoms with Crippen molar-refractivity contribution in [2.45, 2.75) is 33.2 Å². The van der Waals surface area contributed by atoms with Crippen molar-refractivity contribution in [3.8, 4) is 0 Å². The molecule has 0 unspecified atom stereocenters. The summed E-state index contributed by atoms with van der Waals surface area (Å²) in [5.74, 6) is 0.651. The fraction of sp³-hybridized carbons (Fsp3) is 0.609. The molecule has 0 bridgehead atoms. The van der Waals surface area contributed by atoms with Crippen LogP contribution in [0.3, 0.4) is 0 Å². The van der Waals surface area contributed by atoms with Crippen molar-refractivity contribution in [1.82, 2.24) is 20.4 Å². The van der Waals surface area contributed by atoms with Crippen molar-refractivity contribution in [3.63, 3.8) is 0 Å². The number of nitrogens with zero attached hydrogens (tertiary/aromatic N) is 3. The maximum atomic E-state index is 12.4. The molecule has 8 nitrogen and oxygen atoms in total. The average molecular weight is 559 g/mol. The molecule has 9 heteroatoms. The van der Waals surface area contributed by atoms with Crippen LogP contribution in [0.5, 0.6) is 0 Å². The van der Waals surface area contributed by atoms with Crippen molar-refractivity contribution < 1.29 is 14.3 Å². The standard InChI is InChI=1S/C23H37N5O3.HI/c1-5-24-23(28-13-10-19(11-14-28)22(30)31-6-2)26-17-18-8-7-9-20(16-18)21(29)25-12-15-27(3)4;/h7-9,16,19H,5-6,10-15,17H2,1-4H3,(H,24,26)(H,25,29);1H. The van der Waals surface area contributed by atoms with Gasteiger partial charge in [0, 0.05) is 38.3 Å². The molecule has 0 saturated carbocycles. The smallest absolute Gasteiger partial charge is 0.309 e. The second-order valence-electron chi connectivity index (χ2n) is 7.94. The van der Waals surface area contributed by atoms with Crippen LogP contribution in [-0.2, 0) is 16.1 Å². The highest BCUT2D eigenvalue weighted by Crippen LogP contribution is 2.19. The molecule has 1 aliphatic heterocycles. The topological polar surface area (TPSA) is 86.3 Å². The zero-order valence-corrected chi connectivity index (χ0v) is 22.1. The lowest BCUT2D eigenvalue weighted by atomic mass is 9.97. The zero-order valence-electron chi connectivity index (χ0n) is 19.7. The van der Waals surface area contributed by atoms with E-state index in [0.717, 1.165) is 50.5 Å². The Morgan fingerprint density at radius 1 is 1.19 bits per heavy atom. The van der Waals surface area contributed by atoms with E-state index in [1.54, 1.807) is 0 Å². The molecule has 1 aliphatic rings. The van der Waals surface area contributed by atoms with Gasteiger partial charge in [0.2, 0.25) is 0 Å². The summed E-state index contributed by atoms with van der Waals surface area (Å²) < 4.78 is 5.16. The SMILES string of the molecule is CCNC(=NCc1cccc(C(=O)NCCN(C)C)c1)N1CCC(C(=O)OCC)CC1.I. The first kappa shape index (κ1) is 28.2. The van der Waals surface area contributed by atoms with Gasteiger partial charge in [-0.05, 0) is 58.5 Å². The number of amides is 1. The van der Waals surface area contributed by atoms with Crippen molar-refractivity contribution in [1.29, 1.82) is 0 Å². The van der Waals surface area contributed by atoms with Crippen LogP contribution in [0, 0.1) is 5.92 Å². The molecule has 1 heterocycles. The Kier molecular flexibility index (Phi) is 13.2. The highest BCUT2D eigenvalue weighted by molar-refractivity contribution is 14.0. The summed E-state index contributed by atoms with van der Waals surface area (Å²) in [5.41, 5.74) is 1.63. The predicted octanol–water partition coefficient (Wildman–Crippen LogP) is 2.34. The number of halogens is 1. The predicted molar refractivity (Wildman–Crippen MR) is 138 cm³/mol. The van der Waals surface area contributed by atoms with Gasteiger partial charge >= 0.3 is 5.97 Å². The molecule has 2 rings (SSSR count). The van der Waals surface area contributed by atoms with E-state index in [4.69, 9.17) is 9.73 Å². The van der Waals surface area contributed by atoms with E-state index in [2.05, 4.69) is 15.5 Å². The first-order chi connectivity index (χ1) is 14.9. The number of hydrogen-bond acceptors (Lipinski definition) is 5. The number of ether oxygens (including phenoxy) is 1. The fourth-order valence-corrected chi connectivity index (χ4v) is 3.49. The lowest BCUT2D eigenvalue weighted by molar-refractivity contribution is -0.149. The summed E-state index contributed by atoms with van der Waals surface area (Å²) in [4.78, 5) is 33.3. The Labute approximate surface area is 209 Å². The summed E-state index contributed by atoms with van der Waals surface area (Å²) in [6.07, 6.45) is 1.54. The second kappa shape index (κ2) is 15.0. The molecule has 1 aromatic rings. The van der Waals surface area contributed by atoms with E-state index in [1.807, 2.05) is 57.1 Å². The summed E-state index contributed by atoms with van der Waals surface area (Å²) in [6.45, 7) is 8.51. The number of carbonyl (C=O) groups excluding carboxylic acids is 2. The Bertz CT molecular complexity index is 749. The normalized spacial score (nSPS) is 14.7. The van der Waals surface area contributed by atoms with Crippen molar-refractivity contribution in [2.24, 2.45) is 10.9 Å². The monoisotopic (exact) mass is 559 g/mol. The van der Waals surface area contributed by atoms with E-state index in [0.29, 0.717) is 25.3 Å². The Morgan fingerprint density at radius 2 is 1.91 bits per heavy atom. The molecule has 1 amide bonds. The zero-order chi connectivity index (χ0) is 22.6. The number of rotatable bonds is 9. The van der Waals surface area contributed by atoms with Gasteiger partial charge in [-0.3, -0.25) is 9.59 Å². The summed E-state index contributed by atoms with van der Waals surface area (Å²) in [5, 5.41) is 6.29. The average Bonchev–Trinajstić information content (AvgIpc) is 2.77. The van der Waals surface area contributed by atoms with Gasteiger partial charge in [-0.2, -0.15) is 0 Å². The summed E-state index contributed by atoms with van der Waals surface area (Å²) >= 11 is 0. The van der Waals surface area contributed by atoms with E-state index in [9.17, 15) is 9.59 Å². The molecule has 32 heavy (non-hydrogen) atoms. The van der Waals surface area contributed by atoms with Crippen molar-refractivity contribution in [3.05, 3.63) is 35.4 Å². The summed E-state index contributed by atoms with van der Waals surface area (Å²) in [6, 6.07) is 7.59. The van der Waals surface area contributed by atoms with Crippen LogP contribution in [0.15, 0.2) is 29.3 Å². The second-order valence-corrected chi connectivity index (χ2v) is 7.94. The van der Waals surface area contributed by atoms with Gasteiger partial charge < -0.3 is 25.2 Å². The number of piperidine rings is 1. The Morgan fingerprint density at radius 3 is 2.53 bits per heavy atom. The van der Waals surface area contributed by atoms with E-state index >= 15 is 0 Å². The maximum absolute atomic E-state index is 12.4. The van der Waals surface area contributed by atoms with Crippen LogP contribution in [-0.4, -0.2) is 81.1 Å². The fourth-order valence-electron chi connectivity index (χ4n) is 3.49. The number of likely N-dealkylation sites (tertiary alicyclic amines) is 1. The number of hydrogen-bond donors (Lipinski definition) is 2. The molecule has 1 fully saturated rings. The molecule has 1 aromatic carbocycles. The quantitative estimate of drug-likeness (QED) is 0.209. The van der Waals surface area contributed by atoms with Crippen LogP contribution in [0.25, 0.3) is 0 Å². The van der Waals surface area contributed by atoms with Crippen LogP contribution in [0.1, 0.15) is 42.6 Å². The minimum atomic E-state index is -0.0928. The number of carbonyl (C=O) groups is 2. The molecule has 0 radical (unpaired) electrons. The lowest BCUT2D eigenvalue weighted by Crippen LogP contribution is -2.46. The molecule has 180 valence electrons.